The Morgan fingerprint density at radius 3 is 3.00 bits per heavy atom. The van der Waals surface area contributed by atoms with Crippen molar-refractivity contribution in [2.45, 2.75) is 0 Å². The number of ether oxygens (including phenoxy) is 1. The molecule has 5 heteroatoms. The summed E-state index contributed by atoms with van der Waals surface area (Å²) in [6.45, 7) is 0. The van der Waals surface area contributed by atoms with Crippen LogP contribution < -0.4 is 4.74 Å². The molecule has 58 valence electrons. The van der Waals surface area contributed by atoms with E-state index in [4.69, 9.17) is 16.3 Å². The molecule has 1 rings (SSSR count). The molecule has 0 aliphatic heterocycles. The molecule has 0 N–H and O–H groups in total. The molecule has 0 radical (unpaired) electrons. The number of nitrogens with zero attached hydrogens (tertiary/aromatic N) is 2. The molecule has 0 saturated carbocycles. The average Bonchev–Trinajstić information content (AvgIpc) is 2.05. The number of halogens is 1. The summed E-state index contributed by atoms with van der Waals surface area (Å²) in [6, 6.07) is 1.42. The molecule has 4 nitrogen and oxygen atoms in total. The lowest BCUT2D eigenvalue weighted by atomic mass is 10.4. The van der Waals surface area contributed by atoms with Crippen molar-refractivity contribution in [3.05, 3.63) is 22.3 Å². The fraction of sp³-hybridized carbons (Fsp3) is 0.167. The number of methoxy groups -OCH3 is 1. The van der Waals surface area contributed by atoms with Crippen LogP contribution in [-0.4, -0.2) is 12.1 Å². The summed E-state index contributed by atoms with van der Waals surface area (Å²) in [4.78, 5) is 13.7. The van der Waals surface area contributed by atoms with Crippen molar-refractivity contribution < 1.29 is 4.74 Å². The van der Waals surface area contributed by atoms with E-state index in [2.05, 4.69) is 10.2 Å². The van der Waals surface area contributed by atoms with Crippen LogP contribution in [0.25, 0.3) is 0 Å². The molecule has 0 unspecified atom stereocenters. The van der Waals surface area contributed by atoms with Gasteiger partial charge in [-0.25, -0.2) is 4.98 Å². The van der Waals surface area contributed by atoms with Crippen LogP contribution in [-0.2, 0) is 0 Å². The van der Waals surface area contributed by atoms with Crippen LogP contribution in [0.15, 0.2) is 17.4 Å². The van der Waals surface area contributed by atoms with Crippen molar-refractivity contribution in [3.8, 4) is 5.75 Å². The predicted molar refractivity (Wildman–Crippen MR) is 41.3 cm³/mol. The minimum atomic E-state index is 0.0841. The molecule has 0 amide bonds. The van der Waals surface area contributed by atoms with Crippen molar-refractivity contribution in [1.82, 2.24) is 4.98 Å². The van der Waals surface area contributed by atoms with E-state index in [9.17, 15) is 4.91 Å². The fourth-order valence-electron chi connectivity index (χ4n) is 0.594. The van der Waals surface area contributed by atoms with Gasteiger partial charge in [0.25, 0.3) is 0 Å². The van der Waals surface area contributed by atoms with Crippen molar-refractivity contribution in [2.24, 2.45) is 5.18 Å². The van der Waals surface area contributed by atoms with E-state index in [-0.39, 0.29) is 10.8 Å². The normalized spacial score (nSPS) is 9.27. The summed E-state index contributed by atoms with van der Waals surface area (Å²) in [7, 11) is 1.47. The topological polar surface area (TPSA) is 51.6 Å². The van der Waals surface area contributed by atoms with Crippen LogP contribution in [0.2, 0.25) is 5.15 Å². The molecule has 0 saturated heterocycles. The highest BCUT2D eigenvalue weighted by Gasteiger charge is 2.02. The molecule has 0 aliphatic carbocycles. The summed E-state index contributed by atoms with van der Waals surface area (Å²) >= 11 is 5.49. The Kier molecular flexibility index (Phi) is 2.38. The van der Waals surface area contributed by atoms with E-state index in [1.165, 1.54) is 19.4 Å². The van der Waals surface area contributed by atoms with Crippen molar-refractivity contribution in [2.75, 3.05) is 7.11 Å². The third kappa shape index (κ3) is 1.65. The largest absolute Gasteiger partial charge is 0.495 e. The molecule has 0 aliphatic rings. The second kappa shape index (κ2) is 3.30. The van der Waals surface area contributed by atoms with Gasteiger partial charge in [-0.3, -0.25) is 0 Å². The van der Waals surface area contributed by atoms with Crippen LogP contribution in [0.3, 0.4) is 0 Å². The fourth-order valence-corrected chi connectivity index (χ4v) is 0.731. The Balaban J connectivity index is 3.12. The van der Waals surface area contributed by atoms with E-state index in [1.807, 2.05) is 0 Å². The molecule has 1 heterocycles. The van der Waals surface area contributed by atoms with Gasteiger partial charge in [0, 0.05) is 6.07 Å². The highest BCUT2D eigenvalue weighted by Crippen LogP contribution is 2.25. The van der Waals surface area contributed by atoms with Gasteiger partial charge in [0.1, 0.15) is 11.4 Å². The van der Waals surface area contributed by atoms with E-state index < -0.39 is 0 Å². The minimum Gasteiger partial charge on any atom is -0.495 e. The third-order valence-electron chi connectivity index (χ3n) is 1.13. The van der Waals surface area contributed by atoms with E-state index in [0.29, 0.717) is 5.75 Å². The Hall–Kier alpha value is -1.16. The molecule has 0 bridgehead atoms. The zero-order chi connectivity index (χ0) is 8.27. The lowest BCUT2D eigenvalue weighted by Crippen LogP contribution is -1.83. The van der Waals surface area contributed by atoms with Gasteiger partial charge >= 0.3 is 0 Å². The van der Waals surface area contributed by atoms with Crippen LogP contribution >= 0.6 is 11.6 Å². The summed E-state index contributed by atoms with van der Waals surface area (Å²) in [5, 5.41) is 2.74. The highest BCUT2D eigenvalue weighted by atomic mass is 35.5. The van der Waals surface area contributed by atoms with Gasteiger partial charge in [0.2, 0.25) is 0 Å². The van der Waals surface area contributed by atoms with Gasteiger partial charge in [0.05, 0.1) is 13.3 Å². The van der Waals surface area contributed by atoms with Crippen LogP contribution in [0, 0.1) is 4.91 Å². The van der Waals surface area contributed by atoms with Gasteiger partial charge in [-0.2, -0.15) is 0 Å². The Morgan fingerprint density at radius 1 is 1.73 bits per heavy atom. The summed E-state index contributed by atoms with van der Waals surface area (Å²) in [5.41, 5.74) is 0.0889. The van der Waals surface area contributed by atoms with Crippen LogP contribution in [0.5, 0.6) is 5.75 Å². The number of nitroso groups, excluding NO2 is 1. The second-order valence-corrected chi connectivity index (χ2v) is 2.13. The SMILES string of the molecule is COc1cnc(Cl)c(N=O)c1. The first-order valence-electron chi connectivity index (χ1n) is 2.81. The second-order valence-electron chi connectivity index (χ2n) is 1.78. The summed E-state index contributed by atoms with van der Waals surface area (Å²) in [5.74, 6) is 0.462. The molecule has 11 heavy (non-hydrogen) atoms. The standard InChI is InChI=1S/C6H5ClN2O2/c1-11-4-2-5(9-10)6(7)8-3-4/h2-3H,1H3. The number of hydrogen-bond acceptors (Lipinski definition) is 4. The first-order valence-corrected chi connectivity index (χ1v) is 3.18. The van der Waals surface area contributed by atoms with E-state index in [1.54, 1.807) is 0 Å². The van der Waals surface area contributed by atoms with Crippen molar-refractivity contribution >= 4 is 17.3 Å². The number of hydrogen-bond donors (Lipinski definition) is 0. The monoisotopic (exact) mass is 172 g/mol. The lowest BCUT2D eigenvalue weighted by Gasteiger charge is -1.98. The molecular formula is C6H5ClN2O2. The zero-order valence-electron chi connectivity index (χ0n) is 5.74. The van der Waals surface area contributed by atoms with Gasteiger partial charge in [-0.15, -0.1) is 4.91 Å². The Morgan fingerprint density at radius 2 is 2.45 bits per heavy atom. The molecule has 1 aromatic heterocycles. The Labute approximate surface area is 68.1 Å². The highest BCUT2D eigenvalue weighted by molar-refractivity contribution is 6.31. The van der Waals surface area contributed by atoms with Crippen molar-refractivity contribution in [3.63, 3.8) is 0 Å². The molecule has 1 aromatic rings. The molecule has 0 spiro atoms. The third-order valence-corrected chi connectivity index (χ3v) is 1.42. The van der Waals surface area contributed by atoms with Gasteiger partial charge in [-0.1, -0.05) is 11.6 Å². The van der Waals surface area contributed by atoms with Crippen LogP contribution in [0.1, 0.15) is 0 Å². The number of aromatic nitrogens is 1. The smallest absolute Gasteiger partial charge is 0.158 e. The van der Waals surface area contributed by atoms with Gasteiger partial charge < -0.3 is 4.74 Å². The predicted octanol–water partition coefficient (Wildman–Crippen LogP) is 2.14. The summed E-state index contributed by atoms with van der Waals surface area (Å²) in [6.07, 6.45) is 1.41. The molecule has 0 fully saturated rings. The quantitative estimate of drug-likeness (QED) is 0.507. The zero-order valence-corrected chi connectivity index (χ0v) is 6.50. The first-order chi connectivity index (χ1) is 5.27. The van der Waals surface area contributed by atoms with Gasteiger partial charge in [-0.05, 0) is 5.18 Å². The average molecular weight is 173 g/mol. The van der Waals surface area contributed by atoms with E-state index >= 15 is 0 Å². The number of pyridine rings is 1. The maximum atomic E-state index is 10.1. The first kappa shape index (κ1) is 7.94. The number of rotatable bonds is 2. The minimum absolute atomic E-state index is 0.0841. The molecular weight excluding hydrogens is 168 g/mol. The Bertz CT molecular complexity index is 277. The van der Waals surface area contributed by atoms with E-state index in [0.717, 1.165) is 0 Å². The maximum Gasteiger partial charge on any atom is 0.158 e. The molecule has 0 aromatic carbocycles. The van der Waals surface area contributed by atoms with Crippen molar-refractivity contribution in [1.29, 1.82) is 0 Å². The van der Waals surface area contributed by atoms with Gasteiger partial charge in [0.15, 0.2) is 5.15 Å². The lowest BCUT2D eigenvalue weighted by molar-refractivity contribution is 0.413. The maximum absolute atomic E-state index is 10.1. The molecule has 0 atom stereocenters. The van der Waals surface area contributed by atoms with Crippen LogP contribution in [0.4, 0.5) is 5.69 Å². The summed E-state index contributed by atoms with van der Waals surface area (Å²) < 4.78 is 4.79.